The number of Topliss-reactive ketones (excluding diaryl/α,β-unsaturated/α-hetero) is 3. The van der Waals surface area contributed by atoms with E-state index in [0.29, 0.717) is 69.2 Å². The molecule has 2 heterocycles. The molecule has 1 unspecified atom stereocenters. The van der Waals surface area contributed by atoms with Gasteiger partial charge in [0.05, 0.1) is 114 Å². The molecular formula is C61H90N6O15. The fraction of sp³-hybridized carbons (Fsp3) is 0.639. The number of carboxylic acid groups (broad SMARTS) is 1. The number of carbonyl (C=O) groups is 8. The number of benzene rings is 2. The van der Waals surface area contributed by atoms with Crippen molar-refractivity contribution < 1.29 is 71.9 Å². The van der Waals surface area contributed by atoms with Crippen LogP contribution in [0, 0.1) is 35.5 Å². The lowest BCUT2D eigenvalue weighted by atomic mass is 9.83. The van der Waals surface area contributed by atoms with Gasteiger partial charge in [-0.2, -0.15) is 0 Å². The first-order valence-corrected chi connectivity index (χ1v) is 28.7. The summed E-state index contributed by atoms with van der Waals surface area (Å²) in [6.45, 7) is 15.9. The number of carboxylic acids is 1. The van der Waals surface area contributed by atoms with Crippen LogP contribution in [0.1, 0.15) is 115 Å². The third-order valence-electron chi connectivity index (χ3n) is 15.7. The number of amides is 3. The van der Waals surface area contributed by atoms with Crippen molar-refractivity contribution in [2.45, 2.75) is 137 Å². The van der Waals surface area contributed by atoms with Crippen molar-refractivity contribution in [2.75, 3.05) is 81.1 Å². The predicted octanol–water partition coefficient (Wildman–Crippen LogP) is 6.14. The van der Waals surface area contributed by atoms with E-state index in [0.717, 1.165) is 5.56 Å². The molecule has 1 saturated heterocycles. The van der Waals surface area contributed by atoms with E-state index in [1.807, 2.05) is 71.9 Å². The molecule has 1 aliphatic heterocycles. The Bertz CT molecular complexity index is 2490. The number of likely N-dealkylation sites (N-methyl/N-ethyl adjacent to an activating group) is 2. The van der Waals surface area contributed by atoms with Gasteiger partial charge in [-0.1, -0.05) is 90.4 Å². The molecule has 454 valence electrons. The van der Waals surface area contributed by atoms with Crippen molar-refractivity contribution in [3.05, 3.63) is 77.6 Å². The van der Waals surface area contributed by atoms with E-state index in [-0.39, 0.29) is 112 Å². The largest absolute Gasteiger partial charge is 0.481 e. The summed E-state index contributed by atoms with van der Waals surface area (Å²) in [5, 5.41) is 18.2. The lowest BCUT2D eigenvalue weighted by molar-refractivity contribution is -0.150. The summed E-state index contributed by atoms with van der Waals surface area (Å²) in [4.78, 5) is 110. The quantitative estimate of drug-likeness (QED) is 0.0290. The van der Waals surface area contributed by atoms with E-state index in [2.05, 4.69) is 10.3 Å². The third kappa shape index (κ3) is 20.4. The number of rotatable bonds is 40. The maximum Gasteiger partial charge on any atom is 0.307 e. The van der Waals surface area contributed by atoms with Gasteiger partial charge in [-0.3, -0.25) is 38.4 Å². The average molecular weight is 1150 g/mol. The van der Waals surface area contributed by atoms with Gasteiger partial charge in [0.2, 0.25) is 23.5 Å². The van der Waals surface area contributed by atoms with E-state index < -0.39 is 59.8 Å². The number of aliphatic carboxylic acids is 1. The topological polar surface area (TPSA) is 253 Å². The minimum absolute atomic E-state index is 0.0387. The van der Waals surface area contributed by atoms with Gasteiger partial charge in [-0.05, 0) is 66.8 Å². The Morgan fingerprint density at radius 3 is 1.94 bits per heavy atom. The van der Waals surface area contributed by atoms with Gasteiger partial charge in [0.25, 0.3) is 0 Å². The number of ketones is 3. The van der Waals surface area contributed by atoms with Crippen LogP contribution in [-0.4, -0.2) is 194 Å². The van der Waals surface area contributed by atoms with Gasteiger partial charge < -0.3 is 48.2 Å². The second kappa shape index (κ2) is 35.1. The van der Waals surface area contributed by atoms with Crippen LogP contribution in [0.15, 0.2) is 60.8 Å². The fourth-order valence-electron chi connectivity index (χ4n) is 10.8. The maximum absolute atomic E-state index is 14.7. The highest BCUT2D eigenvalue weighted by Gasteiger charge is 2.44. The molecule has 1 fully saturated rings. The molecule has 2 aromatic carbocycles. The summed E-state index contributed by atoms with van der Waals surface area (Å²) < 4.78 is 36.1. The lowest BCUT2D eigenvalue weighted by Gasteiger charge is -2.41. The van der Waals surface area contributed by atoms with E-state index in [1.165, 1.54) is 19.1 Å². The normalized spacial score (nSPS) is 16.5. The number of aromatic nitrogens is 3. The summed E-state index contributed by atoms with van der Waals surface area (Å²) in [6, 6.07) is 13.8. The highest BCUT2D eigenvalue weighted by molar-refractivity contribution is 6.33. The monoisotopic (exact) mass is 1150 g/mol. The van der Waals surface area contributed by atoms with Crippen molar-refractivity contribution in [1.82, 2.24) is 29.7 Å². The minimum Gasteiger partial charge on any atom is -0.481 e. The zero-order valence-corrected chi connectivity index (χ0v) is 50.1. The molecular weight excluding hydrogens is 1060 g/mol. The minimum atomic E-state index is -1.05. The molecule has 3 amide bonds. The van der Waals surface area contributed by atoms with E-state index >= 15 is 0 Å². The molecule has 0 radical (unpaired) electrons. The highest BCUT2D eigenvalue weighted by Crippen LogP contribution is 2.32. The van der Waals surface area contributed by atoms with Crippen LogP contribution in [0.3, 0.4) is 0 Å². The van der Waals surface area contributed by atoms with Crippen LogP contribution in [0.5, 0.6) is 0 Å². The number of methoxy groups -OCH3 is 2. The molecule has 0 aliphatic carbocycles. The second-order valence-corrected chi connectivity index (χ2v) is 22.0. The molecule has 82 heavy (non-hydrogen) atoms. The van der Waals surface area contributed by atoms with Gasteiger partial charge in [0.1, 0.15) is 11.5 Å². The van der Waals surface area contributed by atoms with Crippen molar-refractivity contribution in [2.24, 2.45) is 35.5 Å². The van der Waals surface area contributed by atoms with Crippen LogP contribution < -0.4 is 0 Å². The van der Waals surface area contributed by atoms with Gasteiger partial charge in [0.15, 0.2) is 12.1 Å². The number of ether oxygens (including phenoxy) is 6. The molecule has 0 bridgehead atoms. The van der Waals surface area contributed by atoms with Gasteiger partial charge in [-0.25, -0.2) is 4.68 Å². The number of likely N-dealkylation sites (tertiary alicyclic amines) is 1. The first kappa shape index (κ1) is 68.4. The molecule has 1 aliphatic rings. The van der Waals surface area contributed by atoms with Crippen LogP contribution in [-0.2, 0) is 75.0 Å². The maximum atomic E-state index is 14.7. The molecule has 21 heteroatoms. The third-order valence-corrected chi connectivity index (χ3v) is 15.7. The lowest BCUT2D eigenvalue weighted by Crippen LogP contribution is -2.54. The van der Waals surface area contributed by atoms with Gasteiger partial charge in [-0.15, -0.1) is 5.10 Å². The summed E-state index contributed by atoms with van der Waals surface area (Å²) in [7, 11) is 6.34. The summed E-state index contributed by atoms with van der Waals surface area (Å²) in [5.41, 5.74) is 2.39. The van der Waals surface area contributed by atoms with Crippen molar-refractivity contribution in [1.29, 1.82) is 0 Å². The summed E-state index contributed by atoms with van der Waals surface area (Å²) in [6.07, 6.45) is 2.45. The van der Waals surface area contributed by atoms with Crippen LogP contribution in [0.25, 0.3) is 5.69 Å². The molecule has 4 rings (SSSR count). The molecule has 9 atom stereocenters. The Morgan fingerprint density at radius 1 is 0.756 bits per heavy atom. The number of carbonyl (C=O) groups excluding carboxylic acids is 7. The Hall–Kier alpha value is -6.10. The molecule has 1 aromatic heterocycles. The first-order valence-electron chi connectivity index (χ1n) is 28.7. The van der Waals surface area contributed by atoms with Crippen LogP contribution in [0.2, 0.25) is 0 Å². The van der Waals surface area contributed by atoms with Crippen LogP contribution in [0.4, 0.5) is 0 Å². The first-order chi connectivity index (χ1) is 39.2. The van der Waals surface area contributed by atoms with Crippen molar-refractivity contribution in [3.8, 4) is 5.69 Å². The number of aldehydes is 1. The van der Waals surface area contributed by atoms with E-state index in [4.69, 9.17) is 28.4 Å². The Morgan fingerprint density at radius 2 is 1.38 bits per heavy atom. The van der Waals surface area contributed by atoms with E-state index in [9.17, 15) is 43.5 Å². The fourth-order valence-corrected chi connectivity index (χ4v) is 10.8. The Kier molecular flexibility index (Phi) is 29.3. The van der Waals surface area contributed by atoms with Gasteiger partial charge in [0, 0.05) is 65.1 Å². The number of hydrogen-bond acceptors (Lipinski definition) is 16. The summed E-state index contributed by atoms with van der Waals surface area (Å²) >= 11 is 0. The number of nitrogens with zero attached hydrogens (tertiary/aromatic N) is 6. The average Bonchev–Trinajstić information content (AvgIpc) is 4.26. The predicted molar refractivity (Wildman–Crippen MR) is 305 cm³/mol. The summed E-state index contributed by atoms with van der Waals surface area (Å²) in [5.74, 6) is -5.82. The number of hydrogen-bond donors (Lipinski definition) is 1. The van der Waals surface area contributed by atoms with Gasteiger partial charge >= 0.3 is 5.97 Å². The smallest absolute Gasteiger partial charge is 0.307 e. The SMILES string of the molecule is CC[C@H](C)C([C@@H](CC(=O)N1CCC[C@H]1[C@H](OC)[C@@H](C)C(=O)C[C@@H](Cc1ccccc1)C(=O)O)OC)N(C)C(=O)[C@@H](CC(=O)[C@H](C(C)C)N(C)C(=O)CCOCCOCCOCCOCc1cn(-c2ccc(C(=O)C=O)cc2)nn1)C(C)C. The Labute approximate surface area is 484 Å². The molecule has 3 aromatic rings. The molecule has 1 N–H and O–H groups in total. The molecule has 0 spiro atoms. The highest BCUT2D eigenvalue weighted by atomic mass is 16.6. The van der Waals surface area contributed by atoms with Crippen molar-refractivity contribution >= 4 is 47.3 Å². The Balaban J connectivity index is 1.23. The zero-order chi connectivity index (χ0) is 60.5. The van der Waals surface area contributed by atoms with E-state index in [1.54, 1.807) is 66.0 Å². The standard InChI is InChI=1S/C61H90N6O15/c1-12-42(6)58(54(77-10)36-56(73)66-25-16-19-50(66)59(78-11)43(7)51(69)34-46(61(75)76)33-44-17-14-13-15-18-44)65(9)60(74)49(40(2)3)35-52(70)57(41(4)5)64(8)55(72)24-26-79-27-28-80-29-30-81-31-32-82-39-47-37-67(63-62-47)48-22-20-45(21-23-48)53(71)38-68/h13-15,17-18,20-23,37-38,40-43,46,49-50,54,57-59H,12,16,19,24-36,39H2,1-11H3,(H,75,76)/t42-,43-,46+,49-,50-,54+,57-,58?,59+/m0/s1. The zero-order valence-electron chi connectivity index (χ0n) is 50.1. The second-order valence-electron chi connectivity index (χ2n) is 22.0. The van der Waals surface area contributed by atoms with Crippen molar-refractivity contribution in [3.63, 3.8) is 0 Å². The molecule has 0 saturated carbocycles. The molecule has 21 nitrogen and oxygen atoms in total. The van der Waals surface area contributed by atoms with Crippen LogP contribution >= 0.6 is 0 Å².